The predicted molar refractivity (Wildman–Crippen MR) is 96.8 cm³/mol. The van der Waals surface area contributed by atoms with Crippen LogP contribution in [0.5, 0.6) is 5.75 Å². The van der Waals surface area contributed by atoms with E-state index in [0.717, 1.165) is 35.2 Å². The van der Waals surface area contributed by atoms with Gasteiger partial charge in [0.25, 0.3) is 0 Å². The monoisotopic (exact) mass is 334 g/mol. The van der Waals surface area contributed by atoms with E-state index >= 15 is 0 Å². The Hall–Kier alpha value is -1.59. The SMILES string of the molecule is CCCOC(c1cccc(Nc2nccs2)c1OC)C(C)(C)C. The third-order valence-corrected chi connectivity index (χ3v) is 4.17. The van der Waals surface area contributed by atoms with E-state index in [2.05, 4.69) is 44.1 Å². The number of hydrogen-bond acceptors (Lipinski definition) is 5. The number of rotatable bonds is 7. The summed E-state index contributed by atoms with van der Waals surface area (Å²) in [5, 5.41) is 6.13. The minimum atomic E-state index is -0.0320. The number of benzene rings is 1. The third kappa shape index (κ3) is 4.45. The van der Waals surface area contributed by atoms with E-state index in [1.54, 1.807) is 24.6 Å². The summed E-state index contributed by atoms with van der Waals surface area (Å²) in [4.78, 5) is 4.28. The molecule has 2 aromatic rings. The average molecular weight is 334 g/mol. The fourth-order valence-corrected chi connectivity index (χ4v) is 3.07. The number of thiazole rings is 1. The van der Waals surface area contributed by atoms with Crippen molar-refractivity contribution >= 4 is 22.2 Å². The maximum Gasteiger partial charge on any atom is 0.187 e. The van der Waals surface area contributed by atoms with Gasteiger partial charge in [0.15, 0.2) is 5.13 Å². The lowest BCUT2D eigenvalue weighted by molar-refractivity contribution is -0.0207. The summed E-state index contributed by atoms with van der Waals surface area (Å²) in [7, 11) is 1.70. The van der Waals surface area contributed by atoms with E-state index in [0.29, 0.717) is 0 Å². The molecule has 0 saturated heterocycles. The molecular formula is C18H26N2O2S. The Morgan fingerprint density at radius 2 is 2.09 bits per heavy atom. The summed E-state index contributed by atoms with van der Waals surface area (Å²) >= 11 is 1.56. The largest absolute Gasteiger partial charge is 0.494 e. The third-order valence-electron chi connectivity index (χ3n) is 3.48. The van der Waals surface area contributed by atoms with E-state index < -0.39 is 0 Å². The van der Waals surface area contributed by atoms with Gasteiger partial charge >= 0.3 is 0 Å². The molecule has 1 aromatic carbocycles. The van der Waals surface area contributed by atoms with Crippen LogP contribution in [0.2, 0.25) is 0 Å². The smallest absolute Gasteiger partial charge is 0.187 e. The maximum atomic E-state index is 6.15. The van der Waals surface area contributed by atoms with Crippen LogP contribution in [0.25, 0.3) is 0 Å². The van der Waals surface area contributed by atoms with Crippen LogP contribution in [0.1, 0.15) is 45.8 Å². The van der Waals surface area contributed by atoms with E-state index in [4.69, 9.17) is 9.47 Å². The lowest BCUT2D eigenvalue weighted by atomic mass is 9.84. The Kier molecular flexibility index (Phi) is 6.02. The van der Waals surface area contributed by atoms with Crippen LogP contribution in [-0.4, -0.2) is 18.7 Å². The first kappa shape index (κ1) is 17.8. The molecule has 0 aliphatic heterocycles. The Bertz CT molecular complexity index is 606. The van der Waals surface area contributed by atoms with Gasteiger partial charge in [0.05, 0.1) is 18.9 Å². The highest BCUT2D eigenvalue weighted by Crippen LogP contribution is 2.43. The highest BCUT2D eigenvalue weighted by atomic mass is 32.1. The standard InChI is InChI=1S/C18H26N2O2S/c1-6-11-22-16(18(2,3)4)13-8-7-9-14(15(13)21-5)20-17-19-10-12-23-17/h7-10,12,16H,6,11H2,1-5H3,(H,19,20). The van der Waals surface area contributed by atoms with Gasteiger partial charge in [0, 0.05) is 23.7 Å². The highest BCUT2D eigenvalue weighted by Gasteiger charge is 2.30. The molecule has 0 spiro atoms. The van der Waals surface area contributed by atoms with E-state index in [1.807, 2.05) is 17.5 Å². The first-order valence-electron chi connectivity index (χ1n) is 7.92. The van der Waals surface area contributed by atoms with Crippen LogP contribution in [-0.2, 0) is 4.74 Å². The lowest BCUT2D eigenvalue weighted by Crippen LogP contribution is -2.22. The van der Waals surface area contributed by atoms with Gasteiger partial charge in [0.2, 0.25) is 0 Å². The molecule has 1 N–H and O–H groups in total. The fourth-order valence-electron chi connectivity index (χ4n) is 2.53. The van der Waals surface area contributed by atoms with Crippen molar-refractivity contribution in [3.8, 4) is 5.75 Å². The normalized spacial score (nSPS) is 12.9. The fraction of sp³-hybridized carbons (Fsp3) is 0.500. The van der Waals surface area contributed by atoms with Crippen molar-refractivity contribution in [1.29, 1.82) is 0 Å². The van der Waals surface area contributed by atoms with E-state index in [9.17, 15) is 0 Å². The predicted octanol–water partition coefficient (Wildman–Crippen LogP) is 5.41. The molecular weight excluding hydrogens is 308 g/mol. The van der Waals surface area contributed by atoms with Gasteiger partial charge in [-0.15, -0.1) is 11.3 Å². The molecule has 0 saturated carbocycles. The van der Waals surface area contributed by atoms with Crippen LogP contribution in [0.4, 0.5) is 10.8 Å². The molecule has 1 heterocycles. The number of methoxy groups -OCH3 is 1. The van der Waals surface area contributed by atoms with E-state index in [1.165, 1.54) is 0 Å². The second-order valence-corrected chi connectivity index (χ2v) is 7.40. The van der Waals surface area contributed by atoms with Crippen LogP contribution in [0.3, 0.4) is 0 Å². The van der Waals surface area contributed by atoms with E-state index in [-0.39, 0.29) is 11.5 Å². The van der Waals surface area contributed by atoms with Crippen molar-refractivity contribution in [2.45, 2.75) is 40.2 Å². The summed E-state index contributed by atoms with van der Waals surface area (Å²) in [5.74, 6) is 0.818. The van der Waals surface area contributed by atoms with Gasteiger partial charge in [0.1, 0.15) is 5.75 Å². The second kappa shape index (κ2) is 7.79. The van der Waals surface area contributed by atoms with Gasteiger partial charge in [-0.1, -0.05) is 39.8 Å². The Morgan fingerprint density at radius 1 is 1.30 bits per heavy atom. The minimum Gasteiger partial charge on any atom is -0.494 e. The number of anilines is 2. The van der Waals surface area contributed by atoms with Crippen molar-refractivity contribution in [3.05, 3.63) is 35.3 Å². The summed E-state index contributed by atoms with van der Waals surface area (Å²) < 4.78 is 11.9. The molecule has 0 radical (unpaired) electrons. The molecule has 0 bridgehead atoms. The van der Waals surface area contributed by atoms with Crippen molar-refractivity contribution in [1.82, 2.24) is 4.98 Å². The second-order valence-electron chi connectivity index (χ2n) is 6.51. The van der Waals surface area contributed by atoms with Gasteiger partial charge in [-0.25, -0.2) is 4.98 Å². The van der Waals surface area contributed by atoms with Gasteiger partial charge in [-0.3, -0.25) is 0 Å². The van der Waals surface area contributed by atoms with Crippen LogP contribution in [0, 0.1) is 5.41 Å². The summed E-state index contributed by atoms with van der Waals surface area (Å²) in [5.41, 5.74) is 1.95. The first-order valence-corrected chi connectivity index (χ1v) is 8.80. The number of ether oxygens (including phenoxy) is 2. The topological polar surface area (TPSA) is 43.4 Å². The molecule has 1 unspecified atom stereocenters. The number of aromatic nitrogens is 1. The summed E-state index contributed by atoms with van der Waals surface area (Å²) in [6, 6.07) is 6.11. The Balaban J connectivity index is 2.39. The molecule has 4 nitrogen and oxygen atoms in total. The Labute approximate surface area is 142 Å². The van der Waals surface area contributed by atoms with Crippen LogP contribution in [0.15, 0.2) is 29.8 Å². The summed E-state index contributed by atoms with van der Waals surface area (Å²) in [6.45, 7) is 9.42. The highest BCUT2D eigenvalue weighted by molar-refractivity contribution is 7.13. The zero-order valence-corrected chi connectivity index (χ0v) is 15.4. The van der Waals surface area contributed by atoms with Crippen molar-refractivity contribution in [2.75, 3.05) is 19.0 Å². The molecule has 1 atom stereocenters. The molecule has 23 heavy (non-hydrogen) atoms. The quantitative estimate of drug-likeness (QED) is 0.735. The zero-order valence-electron chi connectivity index (χ0n) is 14.6. The number of hydrogen-bond donors (Lipinski definition) is 1. The van der Waals surface area contributed by atoms with Crippen LogP contribution < -0.4 is 10.1 Å². The molecule has 0 aliphatic rings. The number of para-hydroxylation sites is 1. The van der Waals surface area contributed by atoms with Crippen molar-refractivity contribution in [2.24, 2.45) is 5.41 Å². The van der Waals surface area contributed by atoms with Crippen molar-refractivity contribution < 1.29 is 9.47 Å². The number of nitrogens with one attached hydrogen (secondary N) is 1. The summed E-state index contributed by atoms with van der Waals surface area (Å²) in [6.07, 6.45) is 2.74. The molecule has 126 valence electrons. The molecule has 0 amide bonds. The number of nitrogens with zero attached hydrogens (tertiary/aromatic N) is 1. The minimum absolute atomic E-state index is 0.0255. The lowest BCUT2D eigenvalue weighted by Gasteiger charge is -2.32. The molecule has 2 rings (SSSR count). The van der Waals surface area contributed by atoms with Crippen molar-refractivity contribution in [3.63, 3.8) is 0 Å². The van der Waals surface area contributed by atoms with Crippen LogP contribution >= 0.6 is 11.3 Å². The maximum absolute atomic E-state index is 6.15. The molecule has 5 heteroatoms. The zero-order chi connectivity index (χ0) is 16.9. The molecule has 1 aromatic heterocycles. The molecule has 0 fully saturated rings. The molecule has 0 aliphatic carbocycles. The first-order chi connectivity index (χ1) is 11.0. The van der Waals surface area contributed by atoms with Gasteiger partial charge in [-0.2, -0.15) is 0 Å². The Morgan fingerprint density at radius 3 is 2.65 bits per heavy atom. The average Bonchev–Trinajstić information content (AvgIpc) is 2.99. The van der Waals surface area contributed by atoms with Gasteiger partial charge < -0.3 is 14.8 Å². The van der Waals surface area contributed by atoms with Gasteiger partial charge in [-0.05, 0) is 17.9 Å².